The van der Waals surface area contributed by atoms with Gasteiger partial charge in [-0.3, -0.25) is 4.18 Å². The Balaban J connectivity index is 0.000000245. The maximum absolute atomic E-state index is 15.9. The molecule has 92 heavy (non-hydrogen) atoms. The van der Waals surface area contributed by atoms with Crippen molar-refractivity contribution in [3.05, 3.63) is 268 Å². The van der Waals surface area contributed by atoms with Crippen LogP contribution in [-0.4, -0.2) is 103 Å². The van der Waals surface area contributed by atoms with Crippen LogP contribution in [0.2, 0.25) is 15.1 Å². The Morgan fingerprint density at radius 1 is 0.424 bits per heavy atom. The average molecular weight is 1320 g/mol. The van der Waals surface area contributed by atoms with Crippen LogP contribution in [-0.2, 0) is 42.9 Å². The zero-order valence-corrected chi connectivity index (χ0v) is 52.6. The lowest BCUT2D eigenvalue weighted by Crippen LogP contribution is -2.45. The molecule has 21 heteroatoms. The van der Waals surface area contributed by atoms with Crippen molar-refractivity contribution in [3.63, 3.8) is 0 Å². The van der Waals surface area contributed by atoms with Crippen molar-refractivity contribution in [2.75, 3.05) is 27.4 Å². The van der Waals surface area contributed by atoms with Crippen molar-refractivity contribution >= 4 is 81.2 Å². The second-order valence-corrected chi connectivity index (χ2v) is 23.0. The molecule has 0 aliphatic rings. The Bertz CT molecular complexity index is 4070. The van der Waals surface area contributed by atoms with Crippen LogP contribution in [0.1, 0.15) is 48.4 Å². The smallest absolute Gasteiger partial charge is 0.338 e. The van der Waals surface area contributed by atoms with Crippen molar-refractivity contribution in [1.82, 2.24) is 0 Å². The molecule has 0 aliphatic heterocycles. The summed E-state index contributed by atoms with van der Waals surface area (Å²) >= 11 is 18.2. The minimum atomic E-state index is -4.91. The number of benzene rings is 9. The third-order valence-corrected chi connectivity index (χ3v) is 16.4. The molecule has 0 aliphatic carbocycles. The Morgan fingerprint density at radius 3 is 1.09 bits per heavy atom. The highest BCUT2D eigenvalue weighted by atomic mass is 35.5. The third kappa shape index (κ3) is 19.0. The molecular formula is C71H59Cl3F2N2O13S. The average Bonchev–Trinajstić information content (AvgIpc) is 1.02. The van der Waals surface area contributed by atoms with Gasteiger partial charge in [0.25, 0.3) is 10.1 Å². The number of carbonyl (C=O) groups excluding carboxylic acids is 4. The monoisotopic (exact) mass is 1320 g/mol. The number of alkyl halides is 2. The van der Waals surface area contributed by atoms with Gasteiger partial charge in [0, 0.05) is 5.92 Å². The highest BCUT2D eigenvalue weighted by molar-refractivity contribution is 7.87. The molecular weight excluding hydrogens is 1270 g/mol. The van der Waals surface area contributed by atoms with E-state index in [1.807, 2.05) is 133 Å². The Morgan fingerprint density at radius 2 is 0.728 bits per heavy atom. The number of esters is 4. The van der Waals surface area contributed by atoms with E-state index in [9.17, 15) is 27.6 Å². The number of hydrogen-bond donors (Lipinski definition) is 0. The number of hydrogen-bond acceptors (Lipinski definition) is 15. The number of oxime groups is 2. The van der Waals surface area contributed by atoms with Gasteiger partial charge in [-0.1, -0.05) is 222 Å². The first-order valence-electron chi connectivity index (χ1n) is 28.3. The number of rotatable bonds is 25. The molecule has 0 radical (unpaired) electrons. The van der Waals surface area contributed by atoms with Crippen LogP contribution in [0, 0.1) is 5.92 Å². The van der Waals surface area contributed by atoms with E-state index in [0.29, 0.717) is 11.8 Å². The molecule has 0 saturated carbocycles. The van der Waals surface area contributed by atoms with Gasteiger partial charge >= 0.3 is 23.9 Å². The minimum Gasteiger partial charge on any atom is -0.462 e. The topological polar surface area (TPSA) is 192 Å². The van der Waals surface area contributed by atoms with Crippen LogP contribution < -0.4 is 0 Å². The molecule has 9 rings (SSSR count). The standard InChI is InChI=1S/C38H29Cl3FNO8S.C33H30FNO5/c1-48-43-22-33(42)36(50-38(45)29-18-14-27(15-19-29)25-10-6-3-7-11-25)34(51-52(46,47)35-21-31(40)30(39)20-32(35)41)23-49-37(44)28-16-12-26(13-17-28)24-8-4-2-5-9-24;1-23(22-39-32(36)28-17-13-26(14-18-28)24-9-5-3-6-10-24)31(30(34)21-35-38-2)40-33(37)29-19-15-27(16-20-29)25-11-7-4-8-12-25/h2-22,33-34,36H,23H2,1H3;3-21,23,30-31H,22H2,1-2H3/t33-,34-,36+;23-,30+,31+/m10/s1. The fourth-order valence-corrected chi connectivity index (χ4v) is 11.1. The molecule has 6 atom stereocenters. The zero-order valence-electron chi connectivity index (χ0n) is 49.5. The largest absolute Gasteiger partial charge is 0.462 e. The maximum atomic E-state index is 15.9. The molecule has 9 aromatic carbocycles. The molecule has 0 heterocycles. The van der Waals surface area contributed by atoms with E-state index in [1.165, 1.54) is 31.4 Å². The molecule has 0 unspecified atom stereocenters. The fourth-order valence-electron chi connectivity index (χ4n) is 9.06. The van der Waals surface area contributed by atoms with Gasteiger partial charge in [-0.15, -0.1) is 0 Å². The van der Waals surface area contributed by atoms with Crippen LogP contribution in [0.5, 0.6) is 0 Å². The summed E-state index contributed by atoms with van der Waals surface area (Å²) in [5.74, 6) is -3.89. The van der Waals surface area contributed by atoms with Gasteiger partial charge in [-0.25, -0.2) is 28.0 Å². The Kier molecular flexibility index (Phi) is 24.9. The predicted octanol–water partition coefficient (Wildman–Crippen LogP) is 16.1. The predicted molar refractivity (Wildman–Crippen MR) is 350 cm³/mol. The van der Waals surface area contributed by atoms with Crippen LogP contribution in [0.3, 0.4) is 0 Å². The van der Waals surface area contributed by atoms with Gasteiger partial charge in [-0.05, 0) is 105 Å². The molecule has 0 fully saturated rings. The van der Waals surface area contributed by atoms with Crippen molar-refractivity contribution in [3.8, 4) is 44.5 Å². The summed E-state index contributed by atoms with van der Waals surface area (Å²) in [5.41, 5.74) is 8.07. The summed E-state index contributed by atoms with van der Waals surface area (Å²) in [5, 5.41) is 6.30. The summed E-state index contributed by atoms with van der Waals surface area (Å²) in [6, 6.07) is 66.8. The first kappa shape index (κ1) is 68.4. The summed E-state index contributed by atoms with van der Waals surface area (Å²) in [6.07, 6.45) is -7.90. The number of nitrogens with zero attached hydrogens (tertiary/aromatic N) is 2. The highest BCUT2D eigenvalue weighted by Crippen LogP contribution is 2.34. The van der Waals surface area contributed by atoms with Gasteiger partial charge in [-0.2, -0.15) is 8.42 Å². The van der Waals surface area contributed by atoms with E-state index in [4.69, 9.17) is 57.9 Å². The second kappa shape index (κ2) is 33.5. The van der Waals surface area contributed by atoms with E-state index in [0.717, 1.165) is 70.0 Å². The van der Waals surface area contributed by atoms with E-state index in [1.54, 1.807) is 67.6 Å². The van der Waals surface area contributed by atoms with E-state index in [-0.39, 0.29) is 38.4 Å². The van der Waals surface area contributed by atoms with Crippen molar-refractivity contribution < 1.29 is 69.2 Å². The summed E-state index contributed by atoms with van der Waals surface area (Å²) in [7, 11) is -2.48. The van der Waals surface area contributed by atoms with Gasteiger partial charge < -0.3 is 28.6 Å². The molecule has 472 valence electrons. The second-order valence-electron chi connectivity index (χ2n) is 20.2. The number of carbonyl (C=O) groups is 4. The summed E-state index contributed by atoms with van der Waals surface area (Å²) < 4.78 is 85.6. The van der Waals surface area contributed by atoms with E-state index >= 15 is 8.78 Å². The summed E-state index contributed by atoms with van der Waals surface area (Å²) in [4.78, 5) is 60.8. The summed E-state index contributed by atoms with van der Waals surface area (Å²) in [6.45, 7) is 0.546. The molecule has 0 bridgehead atoms. The van der Waals surface area contributed by atoms with Crippen LogP contribution in [0.4, 0.5) is 8.78 Å². The third-order valence-electron chi connectivity index (χ3n) is 13.9. The van der Waals surface area contributed by atoms with Gasteiger partial charge in [0.05, 0.1) is 56.4 Å². The first-order chi connectivity index (χ1) is 44.4. The lowest BCUT2D eigenvalue weighted by molar-refractivity contribution is -0.0478. The molecule has 0 amide bonds. The molecule has 0 spiro atoms. The normalized spacial score (nSPS) is 13.3. The lowest BCUT2D eigenvalue weighted by atomic mass is 10.0. The van der Waals surface area contributed by atoms with E-state index < -0.39 is 82.1 Å². The SMILES string of the molecule is CON=C[C@@H](F)[C@H](OC(=O)c1ccc(-c2ccccc2)cc1)[C@@H](C)COC(=O)c1ccc(-c2ccccc2)cc1.CON=C[C@@H](F)[C@H](OC(=O)c1ccc(-c2ccccc2)cc1)[C@@H](COC(=O)c1ccc(-c2ccccc2)cc1)OS(=O)(=O)c1cc(Cl)c(Cl)cc1Cl. The fraction of sp³-hybridized carbons (Fsp3) is 0.155. The zero-order chi connectivity index (χ0) is 65.6. The Labute approximate surface area is 545 Å². The van der Waals surface area contributed by atoms with Gasteiger partial charge in [0.2, 0.25) is 0 Å². The van der Waals surface area contributed by atoms with E-state index in [2.05, 4.69) is 20.0 Å². The van der Waals surface area contributed by atoms with Crippen LogP contribution >= 0.6 is 34.8 Å². The Hall–Kier alpha value is -9.56. The van der Waals surface area contributed by atoms with Crippen molar-refractivity contribution in [2.45, 2.75) is 42.5 Å². The van der Waals surface area contributed by atoms with Crippen LogP contribution in [0.25, 0.3) is 44.5 Å². The minimum absolute atomic E-state index is 0.00481. The molecule has 9 aromatic rings. The first-order valence-corrected chi connectivity index (χ1v) is 30.8. The van der Waals surface area contributed by atoms with Gasteiger partial charge in [0.15, 0.2) is 24.6 Å². The molecule has 0 saturated heterocycles. The van der Waals surface area contributed by atoms with Crippen LogP contribution in [0.15, 0.2) is 246 Å². The highest BCUT2D eigenvalue weighted by Gasteiger charge is 2.40. The lowest BCUT2D eigenvalue weighted by Gasteiger charge is -2.27. The number of ether oxygens (including phenoxy) is 4. The molecule has 0 N–H and O–H groups in total. The molecule has 15 nitrogen and oxygen atoms in total. The quantitative estimate of drug-likeness (QED) is 0.0131. The number of halogens is 5. The van der Waals surface area contributed by atoms with Crippen molar-refractivity contribution in [1.29, 1.82) is 0 Å². The van der Waals surface area contributed by atoms with Gasteiger partial charge in [0.1, 0.15) is 31.8 Å². The van der Waals surface area contributed by atoms with Crippen molar-refractivity contribution in [2.24, 2.45) is 16.2 Å². The maximum Gasteiger partial charge on any atom is 0.338 e. The molecule has 0 aromatic heterocycles.